The normalized spacial score (nSPS) is 9.71. The van der Waals surface area contributed by atoms with E-state index in [1.54, 1.807) is 6.08 Å². The van der Waals surface area contributed by atoms with Crippen LogP contribution in [0.3, 0.4) is 0 Å². The van der Waals surface area contributed by atoms with Crippen LogP contribution in [0.25, 0.3) is 0 Å². The number of nitrogens with zero attached hydrogens (tertiary/aromatic N) is 1. The second-order valence-electron chi connectivity index (χ2n) is 3.32. The van der Waals surface area contributed by atoms with Crippen molar-refractivity contribution in [2.24, 2.45) is 0 Å². The molecular weight excluding hydrogens is 218 g/mol. The van der Waals surface area contributed by atoms with Crippen molar-refractivity contribution in [2.75, 3.05) is 13.2 Å². The summed E-state index contributed by atoms with van der Waals surface area (Å²) in [4.78, 5) is 16.7. The summed E-state index contributed by atoms with van der Waals surface area (Å²) in [5.74, 6) is 0. The van der Waals surface area contributed by atoms with Crippen molar-refractivity contribution < 1.29 is 14.4 Å². The average Bonchev–Trinajstić information content (AvgIpc) is 2.38. The van der Waals surface area contributed by atoms with Crippen molar-refractivity contribution in [2.45, 2.75) is 13.5 Å². The fourth-order valence-corrected chi connectivity index (χ4v) is 1.21. The van der Waals surface area contributed by atoms with E-state index in [2.05, 4.69) is 6.58 Å². The standard InChI is InChI=1S/C13H17NO3/c1-3-10-17-14(4-2)13(15)16-11-12-8-6-5-7-9-12/h3,5-9H,1,4,10-11H2,2H3. The van der Waals surface area contributed by atoms with E-state index in [-0.39, 0.29) is 13.2 Å². The van der Waals surface area contributed by atoms with Crippen LogP contribution in [0.15, 0.2) is 43.0 Å². The van der Waals surface area contributed by atoms with E-state index in [0.717, 1.165) is 5.56 Å². The Balaban J connectivity index is 2.39. The minimum Gasteiger partial charge on any atom is -0.443 e. The van der Waals surface area contributed by atoms with Gasteiger partial charge in [-0.2, -0.15) is 5.06 Å². The number of carbonyl (C=O) groups excluding carboxylic acids is 1. The predicted molar refractivity (Wildman–Crippen MR) is 65.2 cm³/mol. The molecule has 1 rings (SSSR count). The van der Waals surface area contributed by atoms with Gasteiger partial charge in [0.2, 0.25) is 0 Å². The average molecular weight is 235 g/mol. The van der Waals surface area contributed by atoms with Gasteiger partial charge in [0.25, 0.3) is 0 Å². The molecule has 0 aliphatic rings. The molecule has 0 spiro atoms. The van der Waals surface area contributed by atoms with Crippen molar-refractivity contribution in [3.05, 3.63) is 48.6 Å². The smallest absolute Gasteiger partial charge is 0.434 e. The summed E-state index contributed by atoms with van der Waals surface area (Å²) >= 11 is 0. The Bertz CT molecular complexity index is 351. The van der Waals surface area contributed by atoms with Crippen LogP contribution >= 0.6 is 0 Å². The molecule has 0 aliphatic carbocycles. The molecule has 0 saturated heterocycles. The molecule has 1 amide bonds. The summed E-state index contributed by atoms with van der Waals surface area (Å²) in [5.41, 5.74) is 0.945. The van der Waals surface area contributed by atoms with Gasteiger partial charge in [-0.25, -0.2) is 4.79 Å². The van der Waals surface area contributed by atoms with Crippen LogP contribution in [-0.4, -0.2) is 24.3 Å². The lowest BCUT2D eigenvalue weighted by Crippen LogP contribution is -2.31. The van der Waals surface area contributed by atoms with E-state index in [4.69, 9.17) is 9.57 Å². The van der Waals surface area contributed by atoms with Crippen LogP contribution in [0, 0.1) is 0 Å². The summed E-state index contributed by atoms with van der Waals surface area (Å²) in [6, 6.07) is 9.50. The Labute approximate surface area is 101 Å². The Morgan fingerprint density at radius 2 is 2.12 bits per heavy atom. The summed E-state index contributed by atoms with van der Waals surface area (Å²) in [5, 5.41) is 1.17. The molecular formula is C13H17NO3. The quantitative estimate of drug-likeness (QED) is 0.562. The monoisotopic (exact) mass is 235 g/mol. The number of hydroxylamine groups is 2. The van der Waals surface area contributed by atoms with Crippen LogP contribution in [0.1, 0.15) is 12.5 Å². The van der Waals surface area contributed by atoms with Gasteiger partial charge in [-0.15, -0.1) is 6.58 Å². The second-order valence-corrected chi connectivity index (χ2v) is 3.32. The van der Waals surface area contributed by atoms with Gasteiger partial charge in [-0.1, -0.05) is 36.4 Å². The minimum atomic E-state index is -0.488. The molecule has 0 aromatic heterocycles. The number of rotatable bonds is 6. The first-order valence-corrected chi connectivity index (χ1v) is 5.50. The molecule has 4 nitrogen and oxygen atoms in total. The number of ether oxygens (including phenoxy) is 1. The highest BCUT2D eigenvalue weighted by atomic mass is 16.7. The van der Waals surface area contributed by atoms with E-state index in [1.807, 2.05) is 37.3 Å². The molecule has 0 saturated carbocycles. The largest absolute Gasteiger partial charge is 0.443 e. The van der Waals surface area contributed by atoms with Gasteiger partial charge in [0.15, 0.2) is 0 Å². The summed E-state index contributed by atoms with van der Waals surface area (Å²) < 4.78 is 5.11. The van der Waals surface area contributed by atoms with Gasteiger partial charge in [0.05, 0.1) is 6.61 Å². The molecule has 0 heterocycles. The Kier molecular flexibility index (Phi) is 5.82. The highest BCUT2D eigenvalue weighted by molar-refractivity contribution is 5.66. The highest BCUT2D eigenvalue weighted by Crippen LogP contribution is 2.03. The maximum absolute atomic E-state index is 11.6. The van der Waals surface area contributed by atoms with E-state index < -0.39 is 6.09 Å². The zero-order valence-corrected chi connectivity index (χ0v) is 9.96. The molecule has 0 N–H and O–H groups in total. The molecule has 92 valence electrons. The minimum absolute atomic E-state index is 0.244. The van der Waals surface area contributed by atoms with Gasteiger partial charge >= 0.3 is 6.09 Å². The summed E-state index contributed by atoms with van der Waals surface area (Å²) in [7, 11) is 0. The number of amides is 1. The molecule has 0 unspecified atom stereocenters. The SMILES string of the molecule is C=CCON(CC)C(=O)OCc1ccccc1. The first kappa shape index (κ1) is 13.3. The maximum atomic E-state index is 11.6. The number of hydrogen-bond acceptors (Lipinski definition) is 3. The summed E-state index contributed by atoms with van der Waals surface area (Å²) in [6.07, 6.45) is 1.09. The molecule has 4 heteroatoms. The molecule has 17 heavy (non-hydrogen) atoms. The lowest BCUT2D eigenvalue weighted by molar-refractivity contribution is -0.124. The van der Waals surface area contributed by atoms with Crippen LogP contribution in [0.2, 0.25) is 0 Å². The third kappa shape index (κ3) is 4.70. The van der Waals surface area contributed by atoms with Crippen LogP contribution in [0.4, 0.5) is 4.79 Å². The van der Waals surface area contributed by atoms with Gasteiger partial charge in [0.1, 0.15) is 6.61 Å². The molecule has 0 fully saturated rings. The number of benzene rings is 1. The van der Waals surface area contributed by atoms with Crippen molar-refractivity contribution in [3.8, 4) is 0 Å². The zero-order chi connectivity index (χ0) is 12.5. The maximum Gasteiger partial charge on any atom is 0.434 e. The molecule has 0 aliphatic heterocycles. The fourth-order valence-electron chi connectivity index (χ4n) is 1.21. The molecule has 1 aromatic rings. The topological polar surface area (TPSA) is 38.8 Å². The van der Waals surface area contributed by atoms with Crippen molar-refractivity contribution >= 4 is 6.09 Å². The first-order chi connectivity index (χ1) is 8.27. The third-order valence-electron chi connectivity index (χ3n) is 2.04. The van der Waals surface area contributed by atoms with Crippen molar-refractivity contribution in [1.82, 2.24) is 5.06 Å². The van der Waals surface area contributed by atoms with Crippen LogP contribution < -0.4 is 0 Å². The van der Waals surface area contributed by atoms with E-state index in [0.29, 0.717) is 6.54 Å². The van der Waals surface area contributed by atoms with Crippen LogP contribution in [0.5, 0.6) is 0 Å². The van der Waals surface area contributed by atoms with Crippen molar-refractivity contribution in [1.29, 1.82) is 0 Å². The molecule has 1 aromatic carbocycles. The lowest BCUT2D eigenvalue weighted by atomic mass is 10.2. The molecule has 0 radical (unpaired) electrons. The molecule has 0 bridgehead atoms. The van der Waals surface area contributed by atoms with Gasteiger partial charge < -0.3 is 4.74 Å². The Hall–Kier alpha value is -1.81. The molecule has 0 atom stereocenters. The van der Waals surface area contributed by atoms with E-state index >= 15 is 0 Å². The highest BCUT2D eigenvalue weighted by Gasteiger charge is 2.13. The number of hydrogen-bond donors (Lipinski definition) is 0. The first-order valence-electron chi connectivity index (χ1n) is 5.50. The fraction of sp³-hybridized carbons (Fsp3) is 0.308. The number of carbonyl (C=O) groups is 1. The van der Waals surface area contributed by atoms with Gasteiger partial charge in [0, 0.05) is 6.54 Å². The van der Waals surface area contributed by atoms with Gasteiger partial charge in [-0.3, -0.25) is 4.84 Å². The van der Waals surface area contributed by atoms with Crippen molar-refractivity contribution in [3.63, 3.8) is 0 Å². The Morgan fingerprint density at radius 1 is 1.41 bits per heavy atom. The van der Waals surface area contributed by atoms with Gasteiger partial charge in [-0.05, 0) is 12.5 Å². The lowest BCUT2D eigenvalue weighted by Gasteiger charge is -2.18. The van der Waals surface area contributed by atoms with Crippen LogP contribution in [-0.2, 0) is 16.2 Å². The van der Waals surface area contributed by atoms with E-state index in [1.165, 1.54) is 5.06 Å². The van der Waals surface area contributed by atoms with E-state index in [9.17, 15) is 4.79 Å². The Morgan fingerprint density at radius 3 is 2.71 bits per heavy atom. The third-order valence-corrected chi connectivity index (χ3v) is 2.04. The summed E-state index contributed by atoms with van der Waals surface area (Å²) in [6.45, 7) is 6.29. The predicted octanol–water partition coefficient (Wildman–Crippen LogP) is 2.76. The second kappa shape index (κ2) is 7.46. The zero-order valence-electron chi connectivity index (χ0n) is 9.96.